The van der Waals surface area contributed by atoms with E-state index in [0.29, 0.717) is 6.04 Å². The molecule has 2 aliphatic carbocycles. The molecule has 2 saturated carbocycles. The van der Waals surface area contributed by atoms with E-state index in [0.717, 1.165) is 18.3 Å². The number of nitrogens with zero attached hydrogens (tertiary/aromatic N) is 1. The van der Waals surface area contributed by atoms with Crippen molar-refractivity contribution in [2.24, 2.45) is 11.8 Å². The van der Waals surface area contributed by atoms with E-state index in [9.17, 15) is 5.11 Å². The summed E-state index contributed by atoms with van der Waals surface area (Å²) in [5.74, 6) is 1.94. The fourth-order valence-electron chi connectivity index (χ4n) is 2.34. The molecular weight excluding hydrogens is 186 g/mol. The Morgan fingerprint density at radius 2 is 1.53 bits per heavy atom. The Morgan fingerprint density at radius 1 is 1.07 bits per heavy atom. The molecule has 0 amide bonds. The third-order valence-corrected chi connectivity index (χ3v) is 3.68. The molecule has 2 unspecified atom stereocenters. The Bertz CT molecular complexity index is 183. The molecule has 0 heterocycles. The van der Waals surface area contributed by atoms with Gasteiger partial charge in [0.15, 0.2) is 0 Å². The predicted molar refractivity (Wildman–Crippen MR) is 62.8 cm³/mol. The van der Waals surface area contributed by atoms with E-state index in [1.54, 1.807) is 0 Å². The molecule has 0 aromatic rings. The molecule has 1 N–H and O–H groups in total. The van der Waals surface area contributed by atoms with Gasteiger partial charge in [-0.1, -0.05) is 0 Å². The Balaban J connectivity index is 1.77. The lowest BCUT2D eigenvalue weighted by Gasteiger charge is -2.30. The van der Waals surface area contributed by atoms with Crippen LogP contribution in [0.1, 0.15) is 46.0 Å². The second-order valence-electron chi connectivity index (χ2n) is 5.77. The van der Waals surface area contributed by atoms with Crippen LogP contribution >= 0.6 is 0 Å². The Kier molecular flexibility index (Phi) is 3.68. The van der Waals surface area contributed by atoms with Gasteiger partial charge in [0.1, 0.15) is 0 Å². The minimum absolute atomic E-state index is 0.152. The highest BCUT2D eigenvalue weighted by Gasteiger charge is 2.31. The van der Waals surface area contributed by atoms with E-state index in [-0.39, 0.29) is 6.10 Å². The average Bonchev–Trinajstić information content (AvgIpc) is 2.95. The van der Waals surface area contributed by atoms with Crippen LogP contribution in [0.5, 0.6) is 0 Å². The summed E-state index contributed by atoms with van der Waals surface area (Å²) in [7, 11) is 0. The second-order valence-corrected chi connectivity index (χ2v) is 5.77. The third kappa shape index (κ3) is 4.12. The molecule has 15 heavy (non-hydrogen) atoms. The first-order chi connectivity index (χ1) is 7.15. The lowest BCUT2D eigenvalue weighted by atomic mass is 10.1. The fraction of sp³-hybridized carbons (Fsp3) is 1.00. The van der Waals surface area contributed by atoms with Gasteiger partial charge in [-0.25, -0.2) is 0 Å². The lowest BCUT2D eigenvalue weighted by Crippen LogP contribution is -2.38. The van der Waals surface area contributed by atoms with Crippen LogP contribution in [0.4, 0.5) is 0 Å². The minimum atomic E-state index is -0.152. The second kappa shape index (κ2) is 4.84. The summed E-state index contributed by atoms with van der Waals surface area (Å²) in [6, 6.07) is 0.561. The van der Waals surface area contributed by atoms with E-state index in [1.165, 1.54) is 38.8 Å². The van der Waals surface area contributed by atoms with Crippen LogP contribution in [0.3, 0.4) is 0 Å². The van der Waals surface area contributed by atoms with Crippen molar-refractivity contribution in [2.75, 3.05) is 13.1 Å². The smallest absolute Gasteiger partial charge is 0.0526 e. The van der Waals surface area contributed by atoms with Gasteiger partial charge in [-0.05, 0) is 57.8 Å². The molecule has 0 aromatic carbocycles. The van der Waals surface area contributed by atoms with Crippen LogP contribution in [0, 0.1) is 11.8 Å². The summed E-state index contributed by atoms with van der Waals surface area (Å²) in [4.78, 5) is 2.63. The normalized spacial score (nSPS) is 25.6. The SMILES string of the molecule is CC(O)CC(C)N(CC1CC1)CC1CC1. The lowest BCUT2D eigenvalue weighted by molar-refractivity contribution is 0.113. The van der Waals surface area contributed by atoms with E-state index in [2.05, 4.69) is 11.8 Å². The Morgan fingerprint density at radius 3 is 1.87 bits per heavy atom. The van der Waals surface area contributed by atoms with Crippen LogP contribution in [0.25, 0.3) is 0 Å². The monoisotopic (exact) mass is 211 g/mol. The van der Waals surface area contributed by atoms with Crippen molar-refractivity contribution >= 4 is 0 Å². The quantitative estimate of drug-likeness (QED) is 0.698. The molecule has 0 bridgehead atoms. The topological polar surface area (TPSA) is 23.5 Å². The maximum atomic E-state index is 9.44. The first-order valence-electron chi connectivity index (χ1n) is 6.57. The maximum absolute atomic E-state index is 9.44. The van der Waals surface area contributed by atoms with Gasteiger partial charge in [0.05, 0.1) is 6.10 Å². The third-order valence-electron chi connectivity index (χ3n) is 3.68. The van der Waals surface area contributed by atoms with Crippen molar-refractivity contribution < 1.29 is 5.11 Å². The zero-order valence-corrected chi connectivity index (χ0v) is 10.2. The maximum Gasteiger partial charge on any atom is 0.0526 e. The molecule has 2 rings (SSSR count). The van der Waals surface area contributed by atoms with Crippen molar-refractivity contribution in [3.63, 3.8) is 0 Å². The van der Waals surface area contributed by atoms with E-state index >= 15 is 0 Å². The molecule has 88 valence electrons. The van der Waals surface area contributed by atoms with Gasteiger partial charge in [-0.3, -0.25) is 0 Å². The van der Waals surface area contributed by atoms with Gasteiger partial charge in [0, 0.05) is 19.1 Å². The average molecular weight is 211 g/mol. The molecule has 0 spiro atoms. The summed E-state index contributed by atoms with van der Waals surface area (Å²) in [6.07, 6.45) is 6.51. The van der Waals surface area contributed by atoms with Gasteiger partial charge in [0.25, 0.3) is 0 Å². The fourth-order valence-corrected chi connectivity index (χ4v) is 2.34. The molecule has 2 aliphatic rings. The summed E-state index contributed by atoms with van der Waals surface area (Å²) in [6.45, 7) is 6.75. The van der Waals surface area contributed by atoms with E-state index in [4.69, 9.17) is 0 Å². The van der Waals surface area contributed by atoms with Crippen LogP contribution < -0.4 is 0 Å². The van der Waals surface area contributed by atoms with Crippen molar-refractivity contribution in [3.8, 4) is 0 Å². The highest BCUT2D eigenvalue weighted by atomic mass is 16.3. The van der Waals surface area contributed by atoms with E-state index < -0.39 is 0 Å². The van der Waals surface area contributed by atoms with E-state index in [1.807, 2.05) is 6.92 Å². The van der Waals surface area contributed by atoms with Crippen LogP contribution in [-0.4, -0.2) is 35.2 Å². The Hall–Kier alpha value is -0.0800. The summed E-state index contributed by atoms with van der Waals surface area (Å²) >= 11 is 0. The molecule has 2 fully saturated rings. The molecule has 2 heteroatoms. The van der Waals surface area contributed by atoms with Gasteiger partial charge >= 0.3 is 0 Å². The number of aliphatic hydroxyl groups excluding tert-OH is 1. The molecule has 2 atom stereocenters. The number of aliphatic hydroxyl groups is 1. The zero-order chi connectivity index (χ0) is 10.8. The van der Waals surface area contributed by atoms with Crippen molar-refractivity contribution in [1.82, 2.24) is 4.90 Å². The van der Waals surface area contributed by atoms with Crippen molar-refractivity contribution in [3.05, 3.63) is 0 Å². The van der Waals surface area contributed by atoms with Crippen LogP contribution in [-0.2, 0) is 0 Å². The van der Waals surface area contributed by atoms with Crippen LogP contribution in [0.15, 0.2) is 0 Å². The predicted octanol–water partition coefficient (Wildman–Crippen LogP) is 2.27. The summed E-state index contributed by atoms with van der Waals surface area (Å²) in [5, 5.41) is 9.44. The van der Waals surface area contributed by atoms with Gasteiger partial charge in [-0.15, -0.1) is 0 Å². The highest BCUT2D eigenvalue weighted by molar-refractivity contribution is 4.84. The number of hydrogen-bond acceptors (Lipinski definition) is 2. The zero-order valence-electron chi connectivity index (χ0n) is 10.2. The van der Waals surface area contributed by atoms with Crippen molar-refractivity contribution in [2.45, 2.75) is 58.1 Å². The molecule has 0 saturated heterocycles. The number of rotatable bonds is 7. The van der Waals surface area contributed by atoms with Crippen molar-refractivity contribution in [1.29, 1.82) is 0 Å². The Labute approximate surface area is 93.7 Å². The summed E-state index contributed by atoms with van der Waals surface area (Å²) < 4.78 is 0. The molecule has 0 aromatic heterocycles. The van der Waals surface area contributed by atoms with Gasteiger partial charge in [-0.2, -0.15) is 0 Å². The molecule has 0 radical (unpaired) electrons. The molecule has 2 nitrogen and oxygen atoms in total. The van der Waals surface area contributed by atoms with Gasteiger partial charge in [0.2, 0.25) is 0 Å². The first kappa shape index (κ1) is 11.4. The highest BCUT2D eigenvalue weighted by Crippen LogP contribution is 2.34. The summed E-state index contributed by atoms with van der Waals surface area (Å²) in [5.41, 5.74) is 0. The molecular formula is C13H25NO. The van der Waals surface area contributed by atoms with Gasteiger partial charge < -0.3 is 10.0 Å². The standard InChI is InChI=1S/C13H25NO/c1-10(7-11(2)15)14(8-12-3-4-12)9-13-5-6-13/h10-13,15H,3-9H2,1-2H3. The molecule has 0 aliphatic heterocycles. The first-order valence-corrected chi connectivity index (χ1v) is 6.57. The largest absolute Gasteiger partial charge is 0.393 e. The minimum Gasteiger partial charge on any atom is -0.393 e. The number of hydrogen-bond donors (Lipinski definition) is 1. The van der Waals surface area contributed by atoms with Crippen LogP contribution in [0.2, 0.25) is 0 Å².